The first kappa shape index (κ1) is 17.4. The van der Waals surface area contributed by atoms with Crippen molar-refractivity contribution >= 4 is 27.9 Å². The molecule has 0 aliphatic heterocycles. The van der Waals surface area contributed by atoms with E-state index in [2.05, 4.69) is 4.99 Å². The SMILES string of the molecule is COC[C@@H](C)N=C(N)SCc1cc(=O)oc2cc(OC)ccc12. The lowest BCUT2D eigenvalue weighted by Gasteiger charge is -2.08. The molecule has 0 saturated carbocycles. The quantitative estimate of drug-likeness (QED) is 0.495. The van der Waals surface area contributed by atoms with Crippen molar-refractivity contribution in [3.63, 3.8) is 0 Å². The maximum Gasteiger partial charge on any atom is 0.336 e. The highest BCUT2D eigenvalue weighted by molar-refractivity contribution is 8.13. The van der Waals surface area contributed by atoms with Crippen molar-refractivity contribution in [3.8, 4) is 5.75 Å². The van der Waals surface area contributed by atoms with Crippen molar-refractivity contribution < 1.29 is 13.9 Å². The minimum atomic E-state index is -0.399. The van der Waals surface area contributed by atoms with Gasteiger partial charge in [0, 0.05) is 30.4 Å². The van der Waals surface area contributed by atoms with Crippen LogP contribution in [-0.2, 0) is 10.5 Å². The summed E-state index contributed by atoms with van der Waals surface area (Å²) >= 11 is 1.38. The second-order valence-corrected chi connectivity index (χ2v) is 6.01. The number of ether oxygens (including phenoxy) is 2. The lowest BCUT2D eigenvalue weighted by Crippen LogP contribution is -2.15. The van der Waals surface area contributed by atoms with E-state index in [9.17, 15) is 4.79 Å². The number of thioether (sulfide) groups is 1. The minimum Gasteiger partial charge on any atom is -0.497 e. The van der Waals surface area contributed by atoms with Gasteiger partial charge in [-0.3, -0.25) is 4.99 Å². The third-order valence-electron chi connectivity index (χ3n) is 3.17. The Labute approximate surface area is 138 Å². The van der Waals surface area contributed by atoms with E-state index in [1.165, 1.54) is 17.8 Å². The van der Waals surface area contributed by atoms with Crippen LogP contribution in [0.2, 0.25) is 0 Å². The molecular weight excluding hydrogens is 316 g/mol. The van der Waals surface area contributed by atoms with E-state index in [4.69, 9.17) is 19.6 Å². The average molecular weight is 336 g/mol. The van der Waals surface area contributed by atoms with E-state index >= 15 is 0 Å². The van der Waals surface area contributed by atoms with Gasteiger partial charge in [-0.05, 0) is 24.6 Å². The highest BCUT2D eigenvalue weighted by Crippen LogP contribution is 2.25. The van der Waals surface area contributed by atoms with Gasteiger partial charge in [-0.2, -0.15) is 0 Å². The summed E-state index contributed by atoms with van der Waals surface area (Å²) in [6.45, 7) is 2.44. The fourth-order valence-electron chi connectivity index (χ4n) is 2.14. The molecule has 2 N–H and O–H groups in total. The zero-order chi connectivity index (χ0) is 16.8. The smallest absolute Gasteiger partial charge is 0.336 e. The van der Waals surface area contributed by atoms with Gasteiger partial charge in [-0.25, -0.2) is 4.79 Å². The molecule has 0 bridgehead atoms. The van der Waals surface area contributed by atoms with Crippen LogP contribution in [-0.4, -0.2) is 32.0 Å². The van der Waals surface area contributed by atoms with Crippen LogP contribution in [0.5, 0.6) is 5.75 Å². The molecule has 0 fully saturated rings. The summed E-state index contributed by atoms with van der Waals surface area (Å²) in [6, 6.07) is 6.87. The third-order valence-corrected chi connectivity index (χ3v) is 4.02. The Morgan fingerprint density at radius 2 is 2.17 bits per heavy atom. The van der Waals surface area contributed by atoms with E-state index in [0.29, 0.717) is 28.9 Å². The number of methoxy groups -OCH3 is 2. The fraction of sp³-hybridized carbons (Fsp3) is 0.375. The first-order chi connectivity index (χ1) is 11.0. The fourth-order valence-corrected chi connectivity index (χ4v) is 2.94. The first-order valence-electron chi connectivity index (χ1n) is 7.09. The summed E-state index contributed by atoms with van der Waals surface area (Å²) in [4.78, 5) is 16.0. The number of nitrogens with zero attached hydrogens (tertiary/aromatic N) is 1. The van der Waals surface area contributed by atoms with Crippen molar-refractivity contribution in [2.45, 2.75) is 18.7 Å². The van der Waals surface area contributed by atoms with Crippen molar-refractivity contribution in [1.82, 2.24) is 0 Å². The van der Waals surface area contributed by atoms with Gasteiger partial charge in [0.1, 0.15) is 11.3 Å². The molecule has 1 atom stereocenters. The highest BCUT2D eigenvalue weighted by Gasteiger charge is 2.09. The molecule has 2 rings (SSSR count). The molecule has 2 aromatic rings. The zero-order valence-corrected chi connectivity index (χ0v) is 14.2. The number of amidine groups is 1. The molecule has 0 aliphatic rings. The summed E-state index contributed by atoms with van der Waals surface area (Å²) in [5, 5.41) is 1.32. The average Bonchev–Trinajstić information content (AvgIpc) is 2.51. The predicted molar refractivity (Wildman–Crippen MR) is 93.3 cm³/mol. The lowest BCUT2D eigenvalue weighted by atomic mass is 10.1. The molecule has 0 unspecified atom stereocenters. The number of rotatable bonds is 6. The van der Waals surface area contributed by atoms with Gasteiger partial charge in [0.25, 0.3) is 0 Å². The van der Waals surface area contributed by atoms with Gasteiger partial charge in [-0.1, -0.05) is 11.8 Å². The summed E-state index contributed by atoms with van der Waals surface area (Å²) in [6.07, 6.45) is 0. The Kier molecular flexibility index (Phi) is 6.06. The maximum atomic E-state index is 11.7. The van der Waals surface area contributed by atoms with E-state index in [-0.39, 0.29) is 6.04 Å². The van der Waals surface area contributed by atoms with E-state index in [1.54, 1.807) is 20.3 Å². The molecule has 1 aromatic carbocycles. The van der Waals surface area contributed by atoms with E-state index in [1.807, 2.05) is 19.1 Å². The molecule has 7 heteroatoms. The molecule has 0 spiro atoms. The number of hydrogen-bond donors (Lipinski definition) is 1. The number of fused-ring (bicyclic) bond motifs is 1. The number of aliphatic imine (C=N–C) groups is 1. The number of nitrogens with two attached hydrogens (primary N) is 1. The summed E-state index contributed by atoms with van der Waals surface area (Å²) < 4.78 is 15.4. The molecule has 23 heavy (non-hydrogen) atoms. The standard InChI is InChI=1S/C16H20N2O4S/c1-10(8-20-2)18-16(17)23-9-11-6-15(19)22-14-7-12(21-3)4-5-13(11)14/h4-7,10H,8-9H2,1-3H3,(H2,17,18)/t10-/m1/s1. The second kappa shape index (κ2) is 8.03. The zero-order valence-electron chi connectivity index (χ0n) is 13.4. The van der Waals surface area contributed by atoms with Crippen LogP contribution in [0.3, 0.4) is 0 Å². The first-order valence-corrected chi connectivity index (χ1v) is 8.08. The van der Waals surface area contributed by atoms with Crippen LogP contribution in [0.25, 0.3) is 11.0 Å². The van der Waals surface area contributed by atoms with Crippen molar-refractivity contribution in [3.05, 3.63) is 40.2 Å². The third kappa shape index (κ3) is 4.74. The summed E-state index contributed by atoms with van der Waals surface area (Å²) in [5.41, 5.74) is 6.86. The Hall–Kier alpha value is -1.99. The molecule has 1 aromatic heterocycles. The van der Waals surface area contributed by atoms with Crippen LogP contribution in [0.15, 0.2) is 38.5 Å². The van der Waals surface area contributed by atoms with Crippen molar-refractivity contribution in [2.24, 2.45) is 10.7 Å². The minimum absolute atomic E-state index is 0.00523. The van der Waals surface area contributed by atoms with E-state index in [0.717, 1.165) is 10.9 Å². The molecular formula is C16H20N2O4S. The maximum absolute atomic E-state index is 11.7. The van der Waals surface area contributed by atoms with Gasteiger partial charge >= 0.3 is 5.63 Å². The monoisotopic (exact) mass is 336 g/mol. The van der Waals surface area contributed by atoms with E-state index < -0.39 is 5.63 Å². The summed E-state index contributed by atoms with van der Waals surface area (Å²) in [5.74, 6) is 1.17. The van der Waals surface area contributed by atoms with Crippen LogP contribution >= 0.6 is 11.8 Å². The number of hydrogen-bond acceptors (Lipinski definition) is 6. The molecule has 0 amide bonds. The lowest BCUT2D eigenvalue weighted by molar-refractivity contribution is 0.186. The van der Waals surface area contributed by atoms with Gasteiger partial charge < -0.3 is 19.6 Å². The van der Waals surface area contributed by atoms with Gasteiger partial charge in [0.2, 0.25) is 0 Å². The molecule has 0 radical (unpaired) electrons. The Bertz CT molecular complexity index is 757. The molecule has 1 heterocycles. The second-order valence-electron chi connectivity index (χ2n) is 5.01. The van der Waals surface area contributed by atoms with Crippen LogP contribution in [0, 0.1) is 0 Å². The van der Waals surface area contributed by atoms with Crippen molar-refractivity contribution in [1.29, 1.82) is 0 Å². The van der Waals surface area contributed by atoms with Crippen LogP contribution in [0.1, 0.15) is 12.5 Å². The Morgan fingerprint density at radius 1 is 1.39 bits per heavy atom. The van der Waals surface area contributed by atoms with Gasteiger partial charge in [0.05, 0.1) is 19.8 Å². The van der Waals surface area contributed by atoms with Crippen LogP contribution in [0.4, 0.5) is 0 Å². The molecule has 124 valence electrons. The largest absolute Gasteiger partial charge is 0.497 e. The predicted octanol–water partition coefficient (Wildman–Crippen LogP) is 2.38. The topological polar surface area (TPSA) is 87.1 Å². The van der Waals surface area contributed by atoms with Gasteiger partial charge in [-0.15, -0.1) is 0 Å². The molecule has 0 saturated heterocycles. The highest BCUT2D eigenvalue weighted by atomic mass is 32.2. The summed E-state index contributed by atoms with van der Waals surface area (Å²) in [7, 11) is 3.19. The number of benzene rings is 1. The van der Waals surface area contributed by atoms with Crippen LogP contribution < -0.4 is 16.1 Å². The Morgan fingerprint density at radius 3 is 2.87 bits per heavy atom. The Balaban J connectivity index is 2.21. The normalized spacial score (nSPS) is 13.3. The van der Waals surface area contributed by atoms with Gasteiger partial charge in [0.15, 0.2) is 5.17 Å². The molecule has 6 nitrogen and oxygen atoms in total. The van der Waals surface area contributed by atoms with Crippen molar-refractivity contribution in [2.75, 3.05) is 20.8 Å². The molecule has 0 aliphatic carbocycles.